The number of rotatable bonds is 5. The van der Waals surface area contributed by atoms with Crippen molar-refractivity contribution in [2.75, 3.05) is 38.0 Å². The van der Waals surface area contributed by atoms with Crippen molar-refractivity contribution in [3.8, 4) is 0 Å². The summed E-state index contributed by atoms with van der Waals surface area (Å²) in [5.74, 6) is -0.894. The smallest absolute Gasteiger partial charge is 0.253 e. The Labute approximate surface area is 168 Å². The first-order valence-corrected chi connectivity index (χ1v) is 9.28. The minimum absolute atomic E-state index is 0.0676. The van der Waals surface area contributed by atoms with Crippen LogP contribution in [-0.2, 0) is 4.79 Å². The lowest BCUT2D eigenvalue weighted by Gasteiger charge is -2.34. The number of nitrogens with zero attached hydrogens (tertiary/aromatic N) is 2. The van der Waals surface area contributed by atoms with E-state index in [1.807, 2.05) is 4.90 Å². The number of nitrogens with one attached hydrogen (secondary N) is 1. The maximum atomic E-state index is 12.5. The summed E-state index contributed by atoms with van der Waals surface area (Å²) in [7, 11) is 0. The molecule has 0 aromatic heterocycles. The fraction of sp³-hybridized carbons (Fsp3) is 0.250. The monoisotopic (exact) mass is 400 g/mol. The third-order valence-corrected chi connectivity index (χ3v) is 4.80. The van der Waals surface area contributed by atoms with Crippen LogP contribution in [0.4, 0.5) is 5.69 Å². The molecule has 1 saturated heterocycles. The van der Waals surface area contributed by atoms with Crippen LogP contribution < -0.4 is 11.1 Å². The Hall–Kier alpha value is -2.90. The molecular weight excluding hydrogens is 380 g/mol. The van der Waals surface area contributed by atoms with Crippen molar-refractivity contribution in [3.63, 3.8) is 0 Å². The molecule has 3 rings (SSSR count). The van der Waals surface area contributed by atoms with Crippen LogP contribution in [0.5, 0.6) is 0 Å². The number of amides is 3. The summed E-state index contributed by atoms with van der Waals surface area (Å²) >= 11 is 5.95. The van der Waals surface area contributed by atoms with Gasteiger partial charge in [0.15, 0.2) is 0 Å². The van der Waals surface area contributed by atoms with E-state index in [4.69, 9.17) is 17.3 Å². The van der Waals surface area contributed by atoms with Gasteiger partial charge in [-0.25, -0.2) is 0 Å². The Kier molecular flexibility index (Phi) is 6.28. The summed E-state index contributed by atoms with van der Waals surface area (Å²) < 4.78 is 0. The number of hydrogen-bond donors (Lipinski definition) is 2. The van der Waals surface area contributed by atoms with Crippen molar-refractivity contribution in [1.82, 2.24) is 9.80 Å². The molecule has 1 heterocycles. The van der Waals surface area contributed by atoms with Gasteiger partial charge in [0.25, 0.3) is 11.8 Å². The van der Waals surface area contributed by atoms with Crippen LogP contribution in [0.15, 0.2) is 48.5 Å². The number of halogens is 1. The highest BCUT2D eigenvalue weighted by atomic mass is 35.5. The van der Waals surface area contributed by atoms with Crippen molar-refractivity contribution in [2.45, 2.75) is 0 Å². The van der Waals surface area contributed by atoms with Gasteiger partial charge in [-0.15, -0.1) is 0 Å². The molecule has 0 spiro atoms. The summed E-state index contributed by atoms with van der Waals surface area (Å²) in [4.78, 5) is 40.0. The first kappa shape index (κ1) is 19.9. The maximum Gasteiger partial charge on any atom is 0.253 e. The van der Waals surface area contributed by atoms with E-state index in [1.165, 1.54) is 0 Å². The molecule has 28 heavy (non-hydrogen) atoms. The second kappa shape index (κ2) is 8.86. The van der Waals surface area contributed by atoms with Gasteiger partial charge >= 0.3 is 0 Å². The molecule has 1 fully saturated rings. The van der Waals surface area contributed by atoms with Crippen LogP contribution in [0.2, 0.25) is 5.02 Å². The Bertz CT molecular complexity index is 895. The second-order valence-corrected chi connectivity index (χ2v) is 6.97. The van der Waals surface area contributed by atoms with Gasteiger partial charge in [0.1, 0.15) is 0 Å². The molecule has 2 aromatic rings. The molecule has 1 aliphatic heterocycles. The minimum atomic E-state index is -0.593. The summed E-state index contributed by atoms with van der Waals surface area (Å²) in [6, 6.07) is 13.5. The predicted octanol–water partition coefficient (Wildman–Crippen LogP) is 1.84. The van der Waals surface area contributed by atoms with E-state index in [2.05, 4.69) is 5.32 Å². The SMILES string of the molecule is NC(=O)c1ccccc1NC(=O)CN1CCN(C(=O)c2cccc(Cl)c2)CC1. The average molecular weight is 401 g/mol. The largest absolute Gasteiger partial charge is 0.366 e. The highest BCUT2D eigenvalue weighted by Gasteiger charge is 2.23. The third kappa shape index (κ3) is 4.88. The zero-order valence-corrected chi connectivity index (χ0v) is 16.0. The van der Waals surface area contributed by atoms with E-state index < -0.39 is 5.91 Å². The molecule has 0 saturated carbocycles. The fourth-order valence-corrected chi connectivity index (χ4v) is 3.30. The van der Waals surface area contributed by atoms with Gasteiger partial charge in [-0.05, 0) is 30.3 Å². The summed E-state index contributed by atoms with van der Waals surface area (Å²) in [6.45, 7) is 2.38. The van der Waals surface area contributed by atoms with Gasteiger partial charge in [-0.3, -0.25) is 19.3 Å². The van der Waals surface area contributed by atoms with E-state index in [0.717, 1.165) is 0 Å². The Morgan fingerprint density at radius 1 is 1.00 bits per heavy atom. The molecule has 0 bridgehead atoms. The zero-order chi connectivity index (χ0) is 20.1. The molecule has 0 atom stereocenters. The number of anilines is 1. The van der Waals surface area contributed by atoms with E-state index in [1.54, 1.807) is 53.4 Å². The molecular formula is C20H21ClN4O3. The first-order valence-electron chi connectivity index (χ1n) is 8.90. The molecule has 146 valence electrons. The number of nitrogens with two attached hydrogens (primary N) is 1. The van der Waals surface area contributed by atoms with Gasteiger partial charge in [0.05, 0.1) is 17.8 Å². The normalized spacial score (nSPS) is 14.5. The molecule has 3 N–H and O–H groups in total. The fourth-order valence-electron chi connectivity index (χ4n) is 3.11. The zero-order valence-electron chi connectivity index (χ0n) is 15.2. The minimum Gasteiger partial charge on any atom is -0.366 e. The van der Waals surface area contributed by atoms with Crippen molar-refractivity contribution in [3.05, 3.63) is 64.7 Å². The van der Waals surface area contributed by atoms with E-state index in [0.29, 0.717) is 42.5 Å². The van der Waals surface area contributed by atoms with Crippen LogP contribution in [0.1, 0.15) is 20.7 Å². The number of piperazine rings is 1. The molecule has 0 unspecified atom stereocenters. The standard InChI is InChI=1S/C20H21ClN4O3/c21-15-5-3-4-14(12-15)20(28)25-10-8-24(9-11-25)13-18(26)23-17-7-2-1-6-16(17)19(22)27/h1-7,12H,8-11,13H2,(H2,22,27)(H,23,26). The van der Waals surface area contributed by atoms with Gasteiger partial charge in [0, 0.05) is 36.8 Å². The van der Waals surface area contributed by atoms with Crippen LogP contribution >= 0.6 is 11.6 Å². The number of primary amides is 1. The average Bonchev–Trinajstić information content (AvgIpc) is 2.68. The first-order chi connectivity index (χ1) is 13.4. The number of hydrogen-bond acceptors (Lipinski definition) is 4. The molecule has 0 radical (unpaired) electrons. The lowest BCUT2D eigenvalue weighted by Crippen LogP contribution is -2.50. The van der Waals surface area contributed by atoms with E-state index >= 15 is 0 Å². The van der Waals surface area contributed by atoms with Crippen molar-refractivity contribution >= 4 is 35.0 Å². The third-order valence-electron chi connectivity index (χ3n) is 4.56. The quantitative estimate of drug-likeness (QED) is 0.800. The maximum absolute atomic E-state index is 12.5. The molecule has 1 aliphatic rings. The van der Waals surface area contributed by atoms with Crippen LogP contribution in [0, 0.1) is 0 Å². The lowest BCUT2D eigenvalue weighted by atomic mass is 10.1. The second-order valence-electron chi connectivity index (χ2n) is 6.54. The van der Waals surface area contributed by atoms with Crippen LogP contribution in [0.25, 0.3) is 0 Å². The Morgan fingerprint density at radius 3 is 2.39 bits per heavy atom. The highest BCUT2D eigenvalue weighted by Crippen LogP contribution is 2.16. The molecule has 2 aromatic carbocycles. The van der Waals surface area contributed by atoms with Gasteiger partial charge < -0.3 is 16.0 Å². The number of para-hydroxylation sites is 1. The van der Waals surface area contributed by atoms with Gasteiger partial charge in [0.2, 0.25) is 5.91 Å². The molecule has 7 nitrogen and oxygen atoms in total. The topological polar surface area (TPSA) is 95.7 Å². The van der Waals surface area contributed by atoms with Gasteiger partial charge in [-0.1, -0.05) is 29.8 Å². The predicted molar refractivity (Wildman–Crippen MR) is 107 cm³/mol. The van der Waals surface area contributed by atoms with Crippen molar-refractivity contribution in [1.29, 1.82) is 0 Å². The van der Waals surface area contributed by atoms with E-state index in [9.17, 15) is 14.4 Å². The Balaban J connectivity index is 1.52. The van der Waals surface area contributed by atoms with E-state index in [-0.39, 0.29) is 23.9 Å². The van der Waals surface area contributed by atoms with Crippen LogP contribution in [0.3, 0.4) is 0 Å². The molecule has 8 heteroatoms. The number of carbonyl (C=O) groups excluding carboxylic acids is 3. The van der Waals surface area contributed by atoms with Gasteiger partial charge in [-0.2, -0.15) is 0 Å². The van der Waals surface area contributed by atoms with Crippen molar-refractivity contribution < 1.29 is 14.4 Å². The Morgan fingerprint density at radius 2 is 1.71 bits per heavy atom. The number of carbonyl (C=O) groups is 3. The number of benzene rings is 2. The summed E-state index contributed by atoms with van der Waals surface area (Å²) in [5.41, 5.74) is 6.56. The van der Waals surface area contributed by atoms with Crippen molar-refractivity contribution in [2.24, 2.45) is 5.73 Å². The lowest BCUT2D eigenvalue weighted by molar-refractivity contribution is -0.117. The highest BCUT2D eigenvalue weighted by molar-refractivity contribution is 6.30. The molecule has 3 amide bonds. The molecule has 0 aliphatic carbocycles. The summed E-state index contributed by atoms with van der Waals surface area (Å²) in [6.07, 6.45) is 0. The summed E-state index contributed by atoms with van der Waals surface area (Å²) in [5, 5.41) is 3.25. The van der Waals surface area contributed by atoms with Crippen LogP contribution in [-0.4, -0.2) is 60.2 Å².